The zero-order valence-corrected chi connectivity index (χ0v) is 21.0. The number of esters is 1. The Bertz CT molecular complexity index is 1240. The van der Waals surface area contributed by atoms with Crippen LogP contribution in [0.15, 0.2) is 71.6 Å². The monoisotopic (exact) mass is 529 g/mol. The Morgan fingerprint density at radius 3 is 2.43 bits per heavy atom. The van der Waals surface area contributed by atoms with Gasteiger partial charge in [-0.2, -0.15) is 13.2 Å². The van der Waals surface area contributed by atoms with Crippen molar-refractivity contribution in [3.8, 4) is 5.75 Å². The quantitative estimate of drug-likeness (QED) is 0.170. The third-order valence-corrected chi connectivity index (χ3v) is 7.07. The summed E-state index contributed by atoms with van der Waals surface area (Å²) in [5.41, 5.74) is 2.34. The van der Waals surface area contributed by atoms with Crippen molar-refractivity contribution in [1.82, 2.24) is 0 Å². The predicted molar refractivity (Wildman–Crippen MR) is 136 cm³/mol. The Kier molecular flexibility index (Phi) is 8.43. The van der Waals surface area contributed by atoms with Gasteiger partial charge in [0, 0.05) is 16.1 Å². The number of hydrogen-bond acceptors (Lipinski definition) is 5. The number of ether oxygens (including phenoxy) is 2. The standard InChI is InChI=1S/C28H26F3NO4S/c1-2-35-26(33)18-36-22-14-8-19(9-15-22)5-4-16-37-25-7-3-6-23-24(25)17-32(27(23)34)21-12-10-20(11-13-21)28(29,30)31/h3,6-15H,2,4-5,16-18H2,1H3. The summed E-state index contributed by atoms with van der Waals surface area (Å²) in [6.07, 6.45) is -2.65. The molecule has 0 saturated heterocycles. The fourth-order valence-corrected chi connectivity index (χ4v) is 5.07. The van der Waals surface area contributed by atoms with Crippen molar-refractivity contribution < 1.29 is 32.2 Å². The highest BCUT2D eigenvalue weighted by Crippen LogP contribution is 2.36. The van der Waals surface area contributed by atoms with E-state index in [1.54, 1.807) is 24.8 Å². The summed E-state index contributed by atoms with van der Waals surface area (Å²) in [6, 6.07) is 17.8. The molecular weight excluding hydrogens is 503 g/mol. The number of aryl methyl sites for hydroxylation is 1. The minimum atomic E-state index is -4.42. The zero-order chi connectivity index (χ0) is 26.4. The van der Waals surface area contributed by atoms with Crippen LogP contribution in [0, 0.1) is 0 Å². The lowest BCUT2D eigenvalue weighted by molar-refractivity contribution is -0.145. The largest absolute Gasteiger partial charge is 0.482 e. The molecule has 0 radical (unpaired) electrons. The van der Waals surface area contributed by atoms with Crippen LogP contribution in [-0.4, -0.2) is 30.8 Å². The molecule has 0 atom stereocenters. The van der Waals surface area contributed by atoms with Gasteiger partial charge in [0.25, 0.3) is 5.91 Å². The SMILES string of the molecule is CCOC(=O)COc1ccc(CCCSc2cccc3c2CN(c2ccc(C(F)(F)F)cc2)C3=O)cc1. The van der Waals surface area contributed by atoms with E-state index in [1.165, 1.54) is 17.0 Å². The summed E-state index contributed by atoms with van der Waals surface area (Å²) in [6.45, 7) is 2.27. The van der Waals surface area contributed by atoms with Crippen molar-refractivity contribution >= 4 is 29.3 Å². The van der Waals surface area contributed by atoms with Crippen molar-refractivity contribution in [1.29, 1.82) is 0 Å². The van der Waals surface area contributed by atoms with Crippen LogP contribution in [0.25, 0.3) is 0 Å². The summed E-state index contributed by atoms with van der Waals surface area (Å²) in [5, 5.41) is 0. The Labute approximate surface area is 217 Å². The van der Waals surface area contributed by atoms with E-state index >= 15 is 0 Å². The molecule has 1 aliphatic rings. The van der Waals surface area contributed by atoms with Crippen molar-refractivity contribution in [2.75, 3.05) is 23.9 Å². The fourth-order valence-electron chi connectivity index (χ4n) is 4.03. The van der Waals surface area contributed by atoms with Crippen molar-refractivity contribution in [2.45, 2.75) is 37.4 Å². The van der Waals surface area contributed by atoms with E-state index in [1.807, 2.05) is 36.4 Å². The highest BCUT2D eigenvalue weighted by atomic mass is 32.2. The molecular formula is C28H26F3NO4S. The first kappa shape index (κ1) is 26.6. The Morgan fingerprint density at radius 1 is 1.03 bits per heavy atom. The maximum absolute atomic E-state index is 12.9. The average molecular weight is 530 g/mol. The number of thioether (sulfide) groups is 1. The highest BCUT2D eigenvalue weighted by Gasteiger charge is 2.33. The molecule has 1 aliphatic heterocycles. The lowest BCUT2D eigenvalue weighted by Gasteiger charge is -2.17. The van der Waals surface area contributed by atoms with Gasteiger partial charge in [0.2, 0.25) is 0 Å². The van der Waals surface area contributed by atoms with Gasteiger partial charge in [-0.25, -0.2) is 4.79 Å². The van der Waals surface area contributed by atoms with Gasteiger partial charge in [-0.1, -0.05) is 18.2 Å². The number of carbonyl (C=O) groups is 2. The number of anilines is 1. The van der Waals surface area contributed by atoms with Crippen LogP contribution in [0.2, 0.25) is 0 Å². The van der Waals surface area contributed by atoms with Gasteiger partial charge >= 0.3 is 12.1 Å². The van der Waals surface area contributed by atoms with Crippen LogP contribution < -0.4 is 9.64 Å². The van der Waals surface area contributed by atoms with Crippen molar-refractivity contribution in [2.24, 2.45) is 0 Å². The molecule has 0 fully saturated rings. The Morgan fingerprint density at radius 2 is 1.76 bits per heavy atom. The Hall–Kier alpha value is -3.46. The molecule has 0 aliphatic carbocycles. The number of hydrogen-bond donors (Lipinski definition) is 0. The van der Waals surface area contributed by atoms with E-state index < -0.39 is 17.7 Å². The summed E-state index contributed by atoms with van der Waals surface area (Å²) >= 11 is 1.67. The number of nitrogens with zero attached hydrogens (tertiary/aromatic N) is 1. The van der Waals surface area contributed by atoms with Crippen LogP contribution >= 0.6 is 11.8 Å². The summed E-state index contributed by atoms with van der Waals surface area (Å²) < 4.78 is 48.9. The maximum atomic E-state index is 12.9. The van der Waals surface area contributed by atoms with E-state index in [0.29, 0.717) is 30.2 Å². The number of alkyl halides is 3. The molecule has 0 bridgehead atoms. The van der Waals surface area contributed by atoms with E-state index in [2.05, 4.69) is 0 Å². The molecule has 1 heterocycles. The third kappa shape index (κ3) is 6.65. The van der Waals surface area contributed by atoms with Crippen LogP contribution in [0.5, 0.6) is 5.75 Å². The molecule has 0 aromatic heterocycles. The smallest absolute Gasteiger partial charge is 0.416 e. The second kappa shape index (κ2) is 11.7. The summed E-state index contributed by atoms with van der Waals surface area (Å²) in [4.78, 5) is 26.9. The highest BCUT2D eigenvalue weighted by molar-refractivity contribution is 7.99. The van der Waals surface area contributed by atoms with E-state index in [0.717, 1.165) is 46.7 Å². The van der Waals surface area contributed by atoms with E-state index in [4.69, 9.17) is 9.47 Å². The van der Waals surface area contributed by atoms with Gasteiger partial charge in [-0.3, -0.25) is 4.79 Å². The molecule has 3 aromatic carbocycles. The molecule has 4 rings (SSSR count). The molecule has 0 N–H and O–H groups in total. The summed E-state index contributed by atoms with van der Waals surface area (Å²) in [7, 11) is 0. The van der Waals surface area contributed by atoms with Gasteiger partial charge in [0.15, 0.2) is 6.61 Å². The molecule has 1 amide bonds. The number of rotatable bonds is 10. The first-order chi connectivity index (χ1) is 17.8. The number of amides is 1. The molecule has 9 heteroatoms. The minimum absolute atomic E-state index is 0.121. The van der Waals surface area contributed by atoms with E-state index in [-0.39, 0.29) is 12.5 Å². The van der Waals surface area contributed by atoms with Crippen molar-refractivity contribution in [3.05, 3.63) is 89.0 Å². The first-order valence-corrected chi connectivity index (χ1v) is 12.9. The summed E-state index contributed by atoms with van der Waals surface area (Å²) in [5.74, 6) is 0.836. The van der Waals surface area contributed by atoms with Crippen LogP contribution in [0.4, 0.5) is 18.9 Å². The lowest BCUT2D eigenvalue weighted by atomic mass is 10.1. The molecule has 0 saturated carbocycles. The van der Waals surface area contributed by atoms with Crippen molar-refractivity contribution in [3.63, 3.8) is 0 Å². The number of carbonyl (C=O) groups excluding carboxylic acids is 2. The molecule has 37 heavy (non-hydrogen) atoms. The molecule has 0 unspecified atom stereocenters. The van der Waals surface area contributed by atoms with Crippen LogP contribution in [0.1, 0.15) is 40.4 Å². The van der Waals surface area contributed by atoms with Crippen LogP contribution in [-0.2, 0) is 28.7 Å². The topological polar surface area (TPSA) is 55.8 Å². The van der Waals surface area contributed by atoms with E-state index in [9.17, 15) is 22.8 Å². The number of benzene rings is 3. The number of halogens is 3. The average Bonchev–Trinajstić information content (AvgIpc) is 3.23. The second-order valence-electron chi connectivity index (χ2n) is 8.41. The van der Waals surface area contributed by atoms with Gasteiger partial charge in [-0.15, -0.1) is 11.8 Å². The van der Waals surface area contributed by atoms with Gasteiger partial charge < -0.3 is 14.4 Å². The second-order valence-corrected chi connectivity index (χ2v) is 9.54. The molecule has 5 nitrogen and oxygen atoms in total. The lowest BCUT2D eigenvalue weighted by Crippen LogP contribution is -2.23. The first-order valence-electron chi connectivity index (χ1n) is 11.9. The fraction of sp³-hybridized carbons (Fsp3) is 0.286. The van der Waals surface area contributed by atoms with Crippen LogP contribution in [0.3, 0.4) is 0 Å². The minimum Gasteiger partial charge on any atom is -0.482 e. The van der Waals surface area contributed by atoms with Gasteiger partial charge in [-0.05, 0) is 85.2 Å². The van der Waals surface area contributed by atoms with Gasteiger partial charge in [0.05, 0.1) is 18.7 Å². The van der Waals surface area contributed by atoms with Gasteiger partial charge in [0.1, 0.15) is 5.75 Å². The Balaban J connectivity index is 1.30. The molecule has 194 valence electrons. The predicted octanol–water partition coefficient (Wildman–Crippen LogP) is 6.53. The maximum Gasteiger partial charge on any atom is 0.416 e. The molecule has 0 spiro atoms. The normalized spacial score (nSPS) is 13.0. The third-order valence-electron chi connectivity index (χ3n) is 5.88. The molecule has 3 aromatic rings. The zero-order valence-electron chi connectivity index (χ0n) is 20.2. The number of fused-ring (bicyclic) bond motifs is 1.